The van der Waals surface area contributed by atoms with Gasteiger partial charge in [-0.2, -0.15) is 0 Å². The van der Waals surface area contributed by atoms with Gasteiger partial charge in [0.15, 0.2) is 0 Å². The Morgan fingerprint density at radius 2 is 1.74 bits per heavy atom. The highest BCUT2D eigenvalue weighted by Crippen LogP contribution is 2.30. The summed E-state index contributed by atoms with van der Waals surface area (Å²) >= 11 is 0. The molecule has 0 aromatic heterocycles. The summed E-state index contributed by atoms with van der Waals surface area (Å²) in [5.41, 5.74) is 1.50. The second-order valence-electron chi connectivity index (χ2n) is 7.96. The van der Waals surface area contributed by atoms with Crippen molar-refractivity contribution in [2.24, 2.45) is 0 Å². The highest BCUT2D eigenvalue weighted by atomic mass is 16.5. The van der Waals surface area contributed by atoms with Crippen molar-refractivity contribution in [3.8, 4) is 11.5 Å². The van der Waals surface area contributed by atoms with Crippen molar-refractivity contribution >= 4 is 28.3 Å². The number of fused-ring (bicyclic) bond motifs is 1. The molecule has 4 rings (SSSR count). The van der Waals surface area contributed by atoms with E-state index in [1.165, 1.54) is 7.11 Å². The zero-order valence-corrected chi connectivity index (χ0v) is 19.4. The van der Waals surface area contributed by atoms with Gasteiger partial charge in [-0.3, -0.25) is 14.5 Å². The van der Waals surface area contributed by atoms with Crippen LogP contribution in [0.4, 0.5) is 5.69 Å². The Kier molecular flexibility index (Phi) is 7.61. The number of carbonyl (C=O) groups excluding carboxylic acids is 2. The quantitative estimate of drug-likeness (QED) is 0.524. The van der Waals surface area contributed by atoms with Gasteiger partial charge in [0, 0.05) is 25.7 Å². The van der Waals surface area contributed by atoms with E-state index >= 15 is 0 Å². The molecule has 2 N–H and O–H groups in total. The van der Waals surface area contributed by atoms with Gasteiger partial charge in [0.05, 0.1) is 39.2 Å². The Balaban J connectivity index is 1.50. The number of benzene rings is 3. The van der Waals surface area contributed by atoms with Crippen molar-refractivity contribution in [2.45, 2.75) is 6.04 Å². The lowest BCUT2D eigenvalue weighted by Crippen LogP contribution is -2.45. The summed E-state index contributed by atoms with van der Waals surface area (Å²) in [6.45, 7) is 3.05. The van der Waals surface area contributed by atoms with Crippen molar-refractivity contribution in [1.29, 1.82) is 0 Å². The minimum atomic E-state index is -0.762. The predicted molar refractivity (Wildman–Crippen MR) is 130 cm³/mol. The van der Waals surface area contributed by atoms with Crippen LogP contribution in [0, 0.1) is 0 Å². The van der Waals surface area contributed by atoms with Gasteiger partial charge in [-0.1, -0.05) is 42.5 Å². The summed E-state index contributed by atoms with van der Waals surface area (Å²) in [7, 11) is 3.03. The molecular formula is C26H29N3O5. The maximum Gasteiger partial charge on any atom is 0.313 e. The molecule has 0 unspecified atom stereocenters. The first kappa shape index (κ1) is 23.5. The van der Waals surface area contributed by atoms with Crippen LogP contribution in [0.25, 0.3) is 10.8 Å². The molecule has 0 saturated carbocycles. The first-order valence-corrected chi connectivity index (χ1v) is 11.2. The van der Waals surface area contributed by atoms with Gasteiger partial charge in [-0.05, 0) is 28.5 Å². The monoisotopic (exact) mass is 463 g/mol. The Morgan fingerprint density at radius 3 is 2.50 bits per heavy atom. The van der Waals surface area contributed by atoms with Crippen LogP contribution in [0.3, 0.4) is 0 Å². The Morgan fingerprint density at radius 1 is 0.971 bits per heavy atom. The summed E-state index contributed by atoms with van der Waals surface area (Å²) in [6, 6.07) is 19.2. The third-order valence-corrected chi connectivity index (χ3v) is 5.99. The molecule has 178 valence electrons. The Labute approximate surface area is 198 Å². The third-order valence-electron chi connectivity index (χ3n) is 5.99. The van der Waals surface area contributed by atoms with E-state index in [4.69, 9.17) is 14.2 Å². The summed E-state index contributed by atoms with van der Waals surface area (Å²) in [5, 5.41) is 7.71. The number of morpholine rings is 1. The summed E-state index contributed by atoms with van der Waals surface area (Å²) in [4.78, 5) is 27.6. The van der Waals surface area contributed by atoms with Crippen LogP contribution in [0.15, 0.2) is 60.7 Å². The molecule has 34 heavy (non-hydrogen) atoms. The molecule has 1 fully saturated rings. The largest absolute Gasteiger partial charge is 0.497 e. The number of methoxy groups -OCH3 is 2. The number of nitrogens with one attached hydrogen (secondary N) is 2. The molecule has 1 heterocycles. The average Bonchev–Trinajstić information content (AvgIpc) is 2.89. The number of carbonyl (C=O) groups is 2. The molecular weight excluding hydrogens is 434 g/mol. The van der Waals surface area contributed by atoms with Gasteiger partial charge in [0.25, 0.3) is 0 Å². The molecule has 1 saturated heterocycles. The predicted octanol–water partition coefficient (Wildman–Crippen LogP) is 2.99. The minimum absolute atomic E-state index is 0.0951. The van der Waals surface area contributed by atoms with Crippen molar-refractivity contribution < 1.29 is 23.8 Å². The summed E-state index contributed by atoms with van der Waals surface area (Å²) in [5.74, 6) is -0.483. The lowest BCUT2D eigenvalue weighted by atomic mass is 9.97. The van der Waals surface area contributed by atoms with E-state index in [1.54, 1.807) is 25.3 Å². The molecule has 8 heteroatoms. The molecule has 2 amide bonds. The molecule has 0 aliphatic carbocycles. The number of ether oxygens (including phenoxy) is 3. The molecule has 1 aliphatic heterocycles. The lowest BCUT2D eigenvalue weighted by Gasteiger charge is -2.35. The van der Waals surface area contributed by atoms with E-state index in [2.05, 4.69) is 39.8 Å². The highest BCUT2D eigenvalue weighted by Gasteiger charge is 2.26. The second-order valence-corrected chi connectivity index (χ2v) is 7.96. The number of hydrogen-bond donors (Lipinski definition) is 2. The molecule has 3 aromatic rings. The normalized spacial score (nSPS) is 14.9. The third kappa shape index (κ3) is 5.30. The number of amides is 2. The zero-order valence-electron chi connectivity index (χ0n) is 19.4. The highest BCUT2D eigenvalue weighted by molar-refractivity contribution is 6.39. The van der Waals surface area contributed by atoms with Crippen molar-refractivity contribution in [3.05, 3.63) is 66.2 Å². The molecule has 8 nitrogen and oxygen atoms in total. The topological polar surface area (TPSA) is 89.1 Å². The van der Waals surface area contributed by atoms with E-state index in [1.807, 2.05) is 18.2 Å². The van der Waals surface area contributed by atoms with E-state index in [0.29, 0.717) is 36.9 Å². The SMILES string of the molecule is COc1ccc(NC(=O)C(=O)NC[C@@H](c2cccc3ccccc23)N2CCOCC2)c(OC)c1. The first-order valence-electron chi connectivity index (χ1n) is 11.2. The van der Waals surface area contributed by atoms with E-state index in [0.717, 1.165) is 29.4 Å². The van der Waals surface area contributed by atoms with Crippen LogP contribution in [-0.4, -0.2) is 63.8 Å². The molecule has 1 atom stereocenters. The minimum Gasteiger partial charge on any atom is -0.497 e. The van der Waals surface area contributed by atoms with Crippen LogP contribution in [-0.2, 0) is 14.3 Å². The van der Waals surface area contributed by atoms with E-state index in [9.17, 15) is 9.59 Å². The fraction of sp³-hybridized carbons (Fsp3) is 0.308. The van der Waals surface area contributed by atoms with Gasteiger partial charge < -0.3 is 24.8 Å². The molecule has 3 aromatic carbocycles. The van der Waals surface area contributed by atoms with Crippen molar-refractivity contribution in [2.75, 3.05) is 52.4 Å². The Hall–Kier alpha value is -3.62. The number of anilines is 1. The molecule has 1 aliphatic rings. The molecule has 0 radical (unpaired) electrons. The number of nitrogens with zero attached hydrogens (tertiary/aromatic N) is 1. The van der Waals surface area contributed by atoms with Gasteiger partial charge in [0.1, 0.15) is 11.5 Å². The van der Waals surface area contributed by atoms with Crippen molar-refractivity contribution in [1.82, 2.24) is 10.2 Å². The van der Waals surface area contributed by atoms with Gasteiger partial charge in [-0.25, -0.2) is 0 Å². The number of hydrogen-bond acceptors (Lipinski definition) is 6. The van der Waals surface area contributed by atoms with Crippen LogP contribution < -0.4 is 20.1 Å². The molecule has 0 bridgehead atoms. The second kappa shape index (κ2) is 11.0. The summed E-state index contributed by atoms with van der Waals surface area (Å²) in [6.07, 6.45) is 0. The maximum absolute atomic E-state index is 12.7. The van der Waals surface area contributed by atoms with Crippen molar-refractivity contribution in [3.63, 3.8) is 0 Å². The smallest absolute Gasteiger partial charge is 0.313 e. The van der Waals surface area contributed by atoms with E-state index < -0.39 is 11.8 Å². The van der Waals surface area contributed by atoms with Gasteiger partial charge in [0.2, 0.25) is 0 Å². The lowest BCUT2D eigenvalue weighted by molar-refractivity contribution is -0.136. The van der Waals surface area contributed by atoms with Gasteiger partial charge in [-0.15, -0.1) is 0 Å². The number of rotatable bonds is 7. The Bertz CT molecular complexity index is 1150. The average molecular weight is 464 g/mol. The van der Waals surface area contributed by atoms with Crippen LogP contribution >= 0.6 is 0 Å². The fourth-order valence-corrected chi connectivity index (χ4v) is 4.22. The first-order chi connectivity index (χ1) is 16.6. The maximum atomic E-state index is 12.7. The van der Waals surface area contributed by atoms with Gasteiger partial charge >= 0.3 is 11.8 Å². The molecule has 0 spiro atoms. The van der Waals surface area contributed by atoms with Crippen LogP contribution in [0.2, 0.25) is 0 Å². The van der Waals surface area contributed by atoms with Crippen LogP contribution in [0.5, 0.6) is 11.5 Å². The van der Waals surface area contributed by atoms with Crippen LogP contribution in [0.1, 0.15) is 11.6 Å². The fourth-order valence-electron chi connectivity index (χ4n) is 4.22. The zero-order chi connectivity index (χ0) is 23.9. The standard InChI is InChI=1S/C26H29N3O5/c1-32-19-10-11-22(24(16-19)33-2)28-26(31)25(30)27-17-23(29-12-14-34-15-13-29)21-9-5-7-18-6-3-4-8-20(18)21/h3-11,16,23H,12-15,17H2,1-2H3,(H,27,30)(H,28,31)/t23-/m0/s1. The van der Waals surface area contributed by atoms with E-state index in [-0.39, 0.29) is 6.04 Å². The summed E-state index contributed by atoms with van der Waals surface area (Å²) < 4.78 is 16.0.